The van der Waals surface area contributed by atoms with Crippen molar-refractivity contribution in [2.45, 2.75) is 19.8 Å². The Hall–Kier alpha value is -1.65. The molecule has 1 heterocycles. The quantitative estimate of drug-likeness (QED) is 0.839. The van der Waals surface area contributed by atoms with Crippen molar-refractivity contribution >= 4 is 0 Å². The van der Waals surface area contributed by atoms with Crippen LogP contribution in [0.3, 0.4) is 0 Å². The molecule has 1 aromatic carbocycles. The summed E-state index contributed by atoms with van der Waals surface area (Å²) in [5.74, 6) is 0. The monoisotopic (exact) mass is 274 g/mol. The van der Waals surface area contributed by atoms with E-state index in [1.807, 2.05) is 55.1 Å². The number of hydrogen-bond acceptors (Lipinski definition) is 3. The molecule has 0 fully saturated rings. The molecule has 1 aromatic heterocycles. The zero-order chi connectivity index (χ0) is 14.6. The molecule has 0 saturated carbocycles. The van der Waals surface area contributed by atoms with E-state index in [0.717, 1.165) is 17.0 Å². The van der Waals surface area contributed by atoms with Gasteiger partial charge in [-0.25, -0.2) is 0 Å². The molecule has 0 spiro atoms. The third-order valence-corrected chi connectivity index (χ3v) is 3.75. The van der Waals surface area contributed by atoms with Crippen molar-refractivity contribution in [2.75, 3.05) is 13.2 Å². The van der Waals surface area contributed by atoms with Gasteiger partial charge in [-0.05, 0) is 31.4 Å². The predicted molar refractivity (Wildman–Crippen MR) is 78.4 cm³/mol. The lowest BCUT2D eigenvalue weighted by Gasteiger charge is -2.30. The molecule has 2 rings (SSSR count). The number of aromatic nitrogens is 2. The molecule has 0 amide bonds. The second kappa shape index (κ2) is 6.20. The number of aliphatic hydroxyl groups excluding tert-OH is 2. The number of hydrogen-bond donors (Lipinski definition) is 2. The van der Waals surface area contributed by atoms with E-state index in [4.69, 9.17) is 0 Å². The summed E-state index contributed by atoms with van der Waals surface area (Å²) in [5, 5.41) is 23.9. The van der Waals surface area contributed by atoms with Gasteiger partial charge in [0.05, 0.1) is 18.9 Å². The van der Waals surface area contributed by atoms with Crippen LogP contribution in [0.5, 0.6) is 0 Å². The number of aliphatic hydroxyl groups is 2. The number of aryl methyl sites for hydroxylation is 2. The molecule has 0 aliphatic rings. The van der Waals surface area contributed by atoms with E-state index in [1.54, 1.807) is 0 Å². The predicted octanol–water partition coefficient (Wildman–Crippen LogP) is 1.48. The van der Waals surface area contributed by atoms with Crippen LogP contribution in [0.1, 0.15) is 17.0 Å². The van der Waals surface area contributed by atoms with Gasteiger partial charge in [-0.2, -0.15) is 5.10 Å². The van der Waals surface area contributed by atoms with Gasteiger partial charge >= 0.3 is 0 Å². The maximum Gasteiger partial charge on any atom is 0.0596 e. The normalized spacial score (nSPS) is 11.8. The minimum atomic E-state index is -0.554. The van der Waals surface area contributed by atoms with Gasteiger partial charge in [0.25, 0.3) is 0 Å². The van der Waals surface area contributed by atoms with Gasteiger partial charge in [0.1, 0.15) is 0 Å². The van der Waals surface area contributed by atoms with Gasteiger partial charge in [-0.3, -0.25) is 4.68 Å². The van der Waals surface area contributed by atoms with Gasteiger partial charge < -0.3 is 10.2 Å². The fraction of sp³-hybridized carbons (Fsp3) is 0.438. The molecule has 108 valence electrons. The molecule has 0 aliphatic heterocycles. The summed E-state index contributed by atoms with van der Waals surface area (Å²) < 4.78 is 1.82. The third-order valence-electron chi connectivity index (χ3n) is 3.75. The van der Waals surface area contributed by atoms with E-state index in [2.05, 4.69) is 5.10 Å². The highest BCUT2D eigenvalue weighted by Crippen LogP contribution is 2.27. The maximum absolute atomic E-state index is 9.81. The van der Waals surface area contributed by atoms with Crippen LogP contribution in [0.2, 0.25) is 0 Å². The lowest BCUT2D eigenvalue weighted by Crippen LogP contribution is -2.35. The van der Waals surface area contributed by atoms with Crippen LogP contribution < -0.4 is 0 Å². The highest BCUT2D eigenvalue weighted by molar-refractivity contribution is 5.19. The first-order chi connectivity index (χ1) is 9.58. The Balaban J connectivity index is 2.23. The maximum atomic E-state index is 9.81. The second-order valence-corrected chi connectivity index (χ2v) is 5.56. The Labute approximate surface area is 119 Å². The van der Waals surface area contributed by atoms with E-state index in [1.165, 1.54) is 0 Å². The molecule has 0 radical (unpaired) electrons. The summed E-state index contributed by atoms with van der Waals surface area (Å²) in [4.78, 5) is 0. The second-order valence-electron chi connectivity index (χ2n) is 5.56. The van der Waals surface area contributed by atoms with Crippen molar-refractivity contribution < 1.29 is 10.2 Å². The molecular weight excluding hydrogens is 252 g/mol. The molecule has 0 atom stereocenters. The smallest absolute Gasteiger partial charge is 0.0596 e. The number of nitrogens with zero attached hydrogens (tertiary/aromatic N) is 2. The van der Waals surface area contributed by atoms with Gasteiger partial charge in [0.2, 0.25) is 0 Å². The van der Waals surface area contributed by atoms with Gasteiger partial charge in [0, 0.05) is 18.2 Å². The zero-order valence-electron chi connectivity index (χ0n) is 12.1. The highest BCUT2D eigenvalue weighted by atomic mass is 16.3. The third kappa shape index (κ3) is 3.26. The molecular formula is C16H22N2O2. The summed E-state index contributed by atoms with van der Waals surface area (Å²) in [6.45, 7) is 1.84. The van der Waals surface area contributed by atoms with Gasteiger partial charge in [0.15, 0.2) is 0 Å². The van der Waals surface area contributed by atoms with Crippen LogP contribution in [0, 0.1) is 12.3 Å². The molecule has 0 aliphatic carbocycles. The fourth-order valence-electron chi connectivity index (χ4n) is 2.58. The molecule has 0 bridgehead atoms. The number of benzene rings is 1. The van der Waals surface area contributed by atoms with E-state index in [0.29, 0.717) is 12.8 Å². The van der Waals surface area contributed by atoms with Crippen LogP contribution in [0.15, 0.2) is 36.4 Å². The fourth-order valence-corrected chi connectivity index (χ4v) is 2.58. The van der Waals surface area contributed by atoms with Crippen molar-refractivity contribution in [1.29, 1.82) is 0 Å². The molecule has 2 N–H and O–H groups in total. The SMILES string of the molecule is Cc1cc(CC(CO)(CO)Cc2ccccc2)n(C)n1. The van der Waals surface area contributed by atoms with Crippen LogP contribution in [-0.2, 0) is 19.9 Å². The lowest BCUT2D eigenvalue weighted by atomic mass is 9.79. The summed E-state index contributed by atoms with van der Waals surface area (Å²) in [5.41, 5.74) is 2.55. The number of rotatable bonds is 6. The first-order valence-electron chi connectivity index (χ1n) is 6.84. The van der Waals surface area contributed by atoms with E-state index in [9.17, 15) is 10.2 Å². The van der Waals surface area contributed by atoms with Crippen LogP contribution in [0.25, 0.3) is 0 Å². The van der Waals surface area contributed by atoms with E-state index < -0.39 is 5.41 Å². The van der Waals surface area contributed by atoms with Crippen LogP contribution in [-0.4, -0.2) is 33.2 Å². The van der Waals surface area contributed by atoms with Gasteiger partial charge in [-0.1, -0.05) is 30.3 Å². The Morgan fingerprint density at radius 3 is 2.25 bits per heavy atom. The standard InChI is InChI=1S/C16H22N2O2/c1-13-8-15(18(2)17-13)10-16(11-19,12-20)9-14-6-4-3-5-7-14/h3-8,19-20H,9-12H2,1-2H3. The van der Waals surface area contributed by atoms with Crippen molar-refractivity contribution in [3.05, 3.63) is 53.3 Å². The highest BCUT2D eigenvalue weighted by Gasteiger charge is 2.30. The Kier molecular flexibility index (Phi) is 4.57. The Morgan fingerprint density at radius 2 is 1.75 bits per heavy atom. The summed E-state index contributed by atoms with van der Waals surface area (Å²) in [6, 6.07) is 12.0. The van der Waals surface area contributed by atoms with E-state index >= 15 is 0 Å². The van der Waals surface area contributed by atoms with Crippen LogP contribution >= 0.6 is 0 Å². The summed E-state index contributed by atoms with van der Waals surface area (Å²) in [6.07, 6.45) is 1.25. The van der Waals surface area contributed by atoms with Crippen molar-refractivity contribution in [3.8, 4) is 0 Å². The van der Waals surface area contributed by atoms with Crippen molar-refractivity contribution in [3.63, 3.8) is 0 Å². The minimum Gasteiger partial charge on any atom is -0.396 e. The lowest BCUT2D eigenvalue weighted by molar-refractivity contribution is 0.0532. The van der Waals surface area contributed by atoms with Crippen LogP contribution in [0.4, 0.5) is 0 Å². The van der Waals surface area contributed by atoms with Gasteiger partial charge in [-0.15, -0.1) is 0 Å². The summed E-state index contributed by atoms with van der Waals surface area (Å²) in [7, 11) is 1.89. The zero-order valence-corrected chi connectivity index (χ0v) is 12.1. The molecule has 0 saturated heterocycles. The minimum absolute atomic E-state index is 0.0530. The molecule has 0 unspecified atom stereocenters. The largest absolute Gasteiger partial charge is 0.396 e. The van der Waals surface area contributed by atoms with Crippen molar-refractivity contribution in [2.24, 2.45) is 12.5 Å². The first kappa shape index (κ1) is 14.8. The topological polar surface area (TPSA) is 58.3 Å². The first-order valence-corrected chi connectivity index (χ1v) is 6.84. The van der Waals surface area contributed by atoms with Crippen molar-refractivity contribution in [1.82, 2.24) is 9.78 Å². The average molecular weight is 274 g/mol. The molecule has 4 nitrogen and oxygen atoms in total. The van der Waals surface area contributed by atoms with E-state index in [-0.39, 0.29) is 13.2 Å². The summed E-state index contributed by atoms with van der Waals surface area (Å²) >= 11 is 0. The molecule has 20 heavy (non-hydrogen) atoms. The Morgan fingerprint density at radius 1 is 1.10 bits per heavy atom. The Bertz CT molecular complexity index is 545. The average Bonchev–Trinajstić information content (AvgIpc) is 2.77. The molecule has 4 heteroatoms. The molecule has 2 aromatic rings.